The lowest BCUT2D eigenvalue weighted by molar-refractivity contribution is 0.0946. The fraction of sp³-hybridized carbons (Fsp3) is 0.269. The number of nitrogens with zero attached hydrogens (tertiary/aromatic N) is 4. The van der Waals surface area contributed by atoms with Gasteiger partial charge in [0, 0.05) is 76.2 Å². The van der Waals surface area contributed by atoms with Gasteiger partial charge < -0.3 is 20.1 Å². The first-order valence-corrected chi connectivity index (χ1v) is 11.4. The van der Waals surface area contributed by atoms with Crippen molar-refractivity contribution >= 4 is 22.8 Å². The Morgan fingerprint density at radius 3 is 2.70 bits per heavy atom. The number of nitrogens with one attached hydrogen (secondary N) is 2. The van der Waals surface area contributed by atoms with Crippen molar-refractivity contribution in [1.29, 1.82) is 0 Å². The summed E-state index contributed by atoms with van der Waals surface area (Å²) in [5.41, 5.74) is 7.11. The van der Waals surface area contributed by atoms with Crippen LogP contribution < -0.4 is 10.2 Å². The third-order valence-electron chi connectivity index (χ3n) is 6.78. The van der Waals surface area contributed by atoms with Gasteiger partial charge in [-0.1, -0.05) is 12.1 Å². The molecule has 1 saturated heterocycles. The summed E-state index contributed by atoms with van der Waals surface area (Å²) in [7, 11) is 2.16. The van der Waals surface area contributed by atoms with Gasteiger partial charge in [-0.2, -0.15) is 0 Å². The van der Waals surface area contributed by atoms with E-state index in [1.807, 2.05) is 36.8 Å². The number of carbonyl (C=O) groups is 1. The van der Waals surface area contributed by atoms with Gasteiger partial charge in [0.1, 0.15) is 11.5 Å². The van der Waals surface area contributed by atoms with E-state index < -0.39 is 0 Å². The third kappa shape index (κ3) is 3.64. The second kappa shape index (κ2) is 8.01. The molecule has 0 saturated carbocycles. The van der Waals surface area contributed by atoms with E-state index in [4.69, 9.17) is 4.98 Å². The molecule has 3 aromatic heterocycles. The molecular formula is C26H30N6O. The second-order valence-corrected chi connectivity index (χ2v) is 8.89. The van der Waals surface area contributed by atoms with Gasteiger partial charge in [-0.3, -0.25) is 4.79 Å². The molecule has 0 atom stereocenters. The molecular weight excluding hydrogens is 412 g/mol. The zero-order valence-electron chi connectivity index (χ0n) is 18.6. The Balaban J connectivity index is 0.00000144. The SMILES string of the molecule is CN1CCN(c2cc(-c3cnc4[nH]cc(-c5ccc6c(c5)CCNC6=O)c4c3)ccn2)CC1.[HH].[HH]. The minimum absolute atomic E-state index is 0. The van der Waals surface area contributed by atoms with Crippen LogP contribution in [-0.4, -0.2) is 65.5 Å². The molecule has 33 heavy (non-hydrogen) atoms. The predicted octanol–water partition coefficient (Wildman–Crippen LogP) is 3.82. The maximum absolute atomic E-state index is 12.1. The molecule has 0 unspecified atom stereocenters. The third-order valence-corrected chi connectivity index (χ3v) is 6.78. The van der Waals surface area contributed by atoms with Crippen LogP contribution in [0.4, 0.5) is 5.82 Å². The second-order valence-electron chi connectivity index (χ2n) is 8.89. The number of pyridine rings is 2. The van der Waals surface area contributed by atoms with E-state index in [-0.39, 0.29) is 8.76 Å². The average molecular weight is 443 g/mol. The molecule has 0 radical (unpaired) electrons. The largest absolute Gasteiger partial charge is 0.354 e. The van der Waals surface area contributed by atoms with E-state index in [9.17, 15) is 4.79 Å². The molecule has 0 spiro atoms. The van der Waals surface area contributed by atoms with Crippen LogP contribution in [0.1, 0.15) is 18.8 Å². The number of hydrogen-bond donors (Lipinski definition) is 2. The quantitative estimate of drug-likeness (QED) is 0.504. The number of aromatic amines is 1. The van der Waals surface area contributed by atoms with Gasteiger partial charge in [-0.15, -0.1) is 0 Å². The molecule has 0 bridgehead atoms. The normalized spacial score (nSPS) is 16.6. The molecule has 7 nitrogen and oxygen atoms in total. The van der Waals surface area contributed by atoms with Crippen molar-refractivity contribution in [2.75, 3.05) is 44.7 Å². The Morgan fingerprint density at radius 1 is 0.939 bits per heavy atom. The topological polar surface area (TPSA) is 77.1 Å². The Morgan fingerprint density at radius 2 is 1.82 bits per heavy atom. The predicted molar refractivity (Wildman–Crippen MR) is 135 cm³/mol. The molecule has 2 aliphatic rings. The van der Waals surface area contributed by atoms with Crippen molar-refractivity contribution in [3.8, 4) is 22.3 Å². The molecule has 7 heteroatoms. The lowest BCUT2D eigenvalue weighted by Crippen LogP contribution is -2.44. The van der Waals surface area contributed by atoms with Gasteiger partial charge >= 0.3 is 0 Å². The number of rotatable bonds is 3. The highest BCUT2D eigenvalue weighted by Gasteiger charge is 2.19. The van der Waals surface area contributed by atoms with Crippen molar-refractivity contribution in [3.63, 3.8) is 0 Å². The van der Waals surface area contributed by atoms with Crippen molar-refractivity contribution in [1.82, 2.24) is 25.2 Å². The Hall–Kier alpha value is -3.71. The van der Waals surface area contributed by atoms with Crippen molar-refractivity contribution in [2.24, 2.45) is 0 Å². The molecule has 0 aliphatic carbocycles. The number of benzene rings is 1. The van der Waals surface area contributed by atoms with Gasteiger partial charge in [-0.25, -0.2) is 9.97 Å². The molecule has 5 heterocycles. The van der Waals surface area contributed by atoms with Crippen molar-refractivity contribution in [3.05, 3.63) is 66.1 Å². The molecule has 6 rings (SSSR count). The van der Waals surface area contributed by atoms with E-state index in [1.54, 1.807) is 0 Å². The van der Waals surface area contributed by atoms with Gasteiger partial charge in [0.2, 0.25) is 0 Å². The number of hydrogen-bond acceptors (Lipinski definition) is 5. The zero-order chi connectivity index (χ0) is 22.4. The lowest BCUT2D eigenvalue weighted by atomic mass is 9.94. The molecule has 1 fully saturated rings. The Kier molecular flexibility index (Phi) is 4.84. The number of piperazine rings is 1. The van der Waals surface area contributed by atoms with Crippen LogP contribution in [0.15, 0.2) is 55.0 Å². The van der Waals surface area contributed by atoms with Crippen molar-refractivity contribution < 1.29 is 7.65 Å². The number of likely N-dealkylation sites (N-methyl/N-ethyl adjacent to an activating group) is 1. The Bertz CT molecular complexity index is 1360. The van der Waals surface area contributed by atoms with Crippen LogP contribution >= 0.6 is 0 Å². The molecule has 4 aromatic rings. The van der Waals surface area contributed by atoms with Gasteiger partial charge in [0.05, 0.1) is 0 Å². The van der Waals surface area contributed by atoms with Crippen LogP contribution in [0.2, 0.25) is 0 Å². The highest BCUT2D eigenvalue weighted by molar-refractivity contribution is 5.99. The van der Waals surface area contributed by atoms with E-state index in [2.05, 4.69) is 50.3 Å². The minimum atomic E-state index is 0. The number of amides is 1. The maximum atomic E-state index is 12.1. The van der Waals surface area contributed by atoms with Crippen LogP contribution in [0, 0.1) is 0 Å². The van der Waals surface area contributed by atoms with Gasteiger partial charge in [0.25, 0.3) is 5.91 Å². The standard InChI is InChI=1S/C26H26N6O.2H2/c1-31-8-10-32(11-9-31)24-14-17(4-6-27-24)20-13-22-23(16-30-25(22)29-15-20)18-2-3-21-19(12-18)5-7-28-26(21)33;;/h2-4,6,12-16H,5,7-11H2,1H3,(H,28,33)(H,29,30);2*1H. The molecule has 1 aromatic carbocycles. The fourth-order valence-electron chi connectivity index (χ4n) is 4.80. The van der Waals surface area contributed by atoms with Crippen LogP contribution in [0.5, 0.6) is 0 Å². The summed E-state index contributed by atoms with van der Waals surface area (Å²) in [6.45, 7) is 4.76. The molecule has 170 valence electrons. The van der Waals surface area contributed by atoms with Crippen LogP contribution in [0.3, 0.4) is 0 Å². The first-order valence-electron chi connectivity index (χ1n) is 11.4. The summed E-state index contributed by atoms with van der Waals surface area (Å²) in [5, 5.41) is 3.99. The monoisotopic (exact) mass is 442 g/mol. The highest BCUT2D eigenvalue weighted by Crippen LogP contribution is 2.33. The van der Waals surface area contributed by atoms with Crippen LogP contribution in [0.25, 0.3) is 33.3 Å². The van der Waals surface area contributed by atoms with Gasteiger partial charge in [-0.05, 0) is 54.4 Å². The zero-order valence-corrected chi connectivity index (χ0v) is 18.6. The molecule has 2 N–H and O–H groups in total. The summed E-state index contributed by atoms with van der Waals surface area (Å²) in [5.74, 6) is 1.03. The fourth-order valence-corrected chi connectivity index (χ4v) is 4.80. The number of anilines is 1. The van der Waals surface area contributed by atoms with E-state index in [1.165, 1.54) is 0 Å². The lowest BCUT2D eigenvalue weighted by Gasteiger charge is -2.33. The minimum Gasteiger partial charge on any atom is -0.354 e. The van der Waals surface area contributed by atoms with E-state index in [0.29, 0.717) is 6.54 Å². The summed E-state index contributed by atoms with van der Waals surface area (Å²) >= 11 is 0. The Labute approximate surface area is 195 Å². The van der Waals surface area contributed by atoms with Crippen molar-refractivity contribution in [2.45, 2.75) is 6.42 Å². The number of H-pyrrole nitrogens is 1. The summed E-state index contributed by atoms with van der Waals surface area (Å²) in [6, 6.07) is 12.5. The first kappa shape index (κ1) is 19.9. The van der Waals surface area contributed by atoms with E-state index in [0.717, 1.165) is 82.8 Å². The van der Waals surface area contributed by atoms with Crippen LogP contribution in [-0.2, 0) is 6.42 Å². The smallest absolute Gasteiger partial charge is 0.251 e. The number of carbonyl (C=O) groups excluding carboxylic acids is 1. The van der Waals surface area contributed by atoms with Gasteiger partial charge in [0.15, 0.2) is 0 Å². The average Bonchev–Trinajstić information content (AvgIpc) is 3.28. The first-order chi connectivity index (χ1) is 16.2. The van der Waals surface area contributed by atoms with E-state index >= 15 is 0 Å². The highest BCUT2D eigenvalue weighted by atomic mass is 16.1. The molecule has 2 aliphatic heterocycles. The summed E-state index contributed by atoms with van der Waals surface area (Å²) in [6.07, 6.45) is 6.67. The molecule has 1 amide bonds. The number of fused-ring (bicyclic) bond motifs is 2. The maximum Gasteiger partial charge on any atom is 0.251 e. The summed E-state index contributed by atoms with van der Waals surface area (Å²) < 4.78 is 0. The number of aromatic nitrogens is 3. The summed E-state index contributed by atoms with van der Waals surface area (Å²) in [4.78, 5) is 29.4.